The molecule has 0 aromatic rings. The lowest BCUT2D eigenvalue weighted by molar-refractivity contribution is 0.329. The first-order valence-electron chi connectivity index (χ1n) is 5.08. The molecule has 0 fully saturated rings. The van der Waals surface area contributed by atoms with Gasteiger partial charge in [-0.15, -0.1) is 0 Å². The van der Waals surface area contributed by atoms with Crippen LogP contribution >= 0.6 is 7.14 Å². The molecule has 0 spiro atoms. The summed E-state index contributed by atoms with van der Waals surface area (Å²) in [5.74, 6) is 0. The molecule has 80 valence electrons. The van der Waals surface area contributed by atoms with Crippen molar-refractivity contribution in [2.24, 2.45) is 5.41 Å². The van der Waals surface area contributed by atoms with Crippen LogP contribution in [-0.2, 0) is 4.57 Å². The molecule has 0 radical (unpaired) electrons. The van der Waals surface area contributed by atoms with Crippen molar-refractivity contribution in [1.82, 2.24) is 0 Å². The van der Waals surface area contributed by atoms with Crippen LogP contribution < -0.4 is 0 Å². The summed E-state index contributed by atoms with van der Waals surface area (Å²) in [4.78, 5) is 0. The van der Waals surface area contributed by atoms with Crippen molar-refractivity contribution in [1.29, 1.82) is 0 Å². The van der Waals surface area contributed by atoms with E-state index in [2.05, 4.69) is 34.6 Å². The Hall–Kier alpha value is 0.230. The summed E-state index contributed by atoms with van der Waals surface area (Å²) in [6.45, 7) is 14.9. The predicted molar refractivity (Wildman–Crippen MR) is 62.2 cm³/mol. The third-order valence-corrected chi connectivity index (χ3v) is 6.77. The number of hydrogen-bond donors (Lipinski definition) is 0. The van der Waals surface area contributed by atoms with Gasteiger partial charge in [-0.1, -0.05) is 41.5 Å². The van der Waals surface area contributed by atoms with Crippen LogP contribution in [0.5, 0.6) is 0 Å². The molecule has 0 aromatic heterocycles. The van der Waals surface area contributed by atoms with E-state index in [9.17, 15) is 4.57 Å². The first-order chi connectivity index (χ1) is 5.52. The quantitative estimate of drug-likeness (QED) is 0.629. The van der Waals surface area contributed by atoms with Crippen LogP contribution in [0.1, 0.15) is 48.0 Å². The average Bonchev–Trinajstić information content (AvgIpc) is 1.81. The lowest BCUT2D eigenvalue weighted by Gasteiger charge is -2.37. The Morgan fingerprint density at radius 3 is 1.69 bits per heavy atom. The van der Waals surface area contributed by atoms with Gasteiger partial charge >= 0.3 is 0 Å². The predicted octanol–water partition coefficient (Wildman–Crippen LogP) is 4.21. The van der Waals surface area contributed by atoms with E-state index in [4.69, 9.17) is 0 Å². The summed E-state index contributed by atoms with van der Waals surface area (Å²) in [5, 5.41) is -0.0139. The van der Waals surface area contributed by atoms with Crippen molar-refractivity contribution in [3.05, 3.63) is 0 Å². The largest absolute Gasteiger partial charge is 0.323 e. The second-order valence-corrected chi connectivity index (χ2v) is 10.0. The van der Waals surface area contributed by atoms with Crippen molar-refractivity contribution >= 4 is 7.14 Å². The van der Waals surface area contributed by atoms with E-state index >= 15 is 0 Å². The summed E-state index contributed by atoms with van der Waals surface area (Å²) < 4.78 is 12.3. The molecule has 0 aliphatic rings. The summed E-state index contributed by atoms with van der Waals surface area (Å²) in [7, 11) is -1.97. The van der Waals surface area contributed by atoms with Crippen LogP contribution in [0.2, 0.25) is 0 Å². The Morgan fingerprint density at radius 2 is 1.46 bits per heavy atom. The Bertz CT molecular complexity index is 211. The smallest absolute Gasteiger partial charge is 0.0898 e. The molecule has 0 bridgehead atoms. The second kappa shape index (κ2) is 3.77. The second-order valence-electron chi connectivity index (χ2n) is 5.97. The van der Waals surface area contributed by atoms with Crippen molar-refractivity contribution in [3.8, 4) is 0 Å². The molecule has 13 heavy (non-hydrogen) atoms. The van der Waals surface area contributed by atoms with Crippen molar-refractivity contribution in [3.63, 3.8) is 0 Å². The van der Waals surface area contributed by atoms with Crippen LogP contribution in [0.4, 0.5) is 0 Å². The minimum absolute atomic E-state index is 0.0139. The zero-order chi connectivity index (χ0) is 10.9. The Labute approximate surface area is 83.7 Å². The van der Waals surface area contributed by atoms with E-state index in [1.54, 1.807) is 0 Å². The maximum Gasteiger partial charge on any atom is 0.0898 e. The van der Waals surface area contributed by atoms with Crippen LogP contribution in [0.25, 0.3) is 0 Å². The molecule has 1 unspecified atom stereocenters. The topological polar surface area (TPSA) is 17.1 Å². The highest BCUT2D eigenvalue weighted by Gasteiger charge is 2.37. The summed E-state index contributed by atoms with van der Waals surface area (Å²) >= 11 is 0. The van der Waals surface area contributed by atoms with Gasteiger partial charge in [0.25, 0.3) is 0 Å². The average molecular weight is 204 g/mol. The van der Waals surface area contributed by atoms with Gasteiger partial charge < -0.3 is 4.57 Å². The first-order valence-corrected chi connectivity index (χ1v) is 7.42. The molecule has 1 atom stereocenters. The summed E-state index contributed by atoms with van der Waals surface area (Å²) in [6, 6.07) is 0. The Kier molecular flexibility index (Phi) is 3.84. The molecule has 1 nitrogen and oxygen atoms in total. The van der Waals surface area contributed by atoms with Gasteiger partial charge in [0.05, 0.1) is 7.14 Å². The highest BCUT2D eigenvalue weighted by Crippen LogP contribution is 2.58. The van der Waals surface area contributed by atoms with E-state index in [1.165, 1.54) is 0 Å². The minimum Gasteiger partial charge on any atom is -0.323 e. The molecule has 0 aliphatic heterocycles. The minimum atomic E-state index is -1.97. The Morgan fingerprint density at radius 1 is 1.08 bits per heavy atom. The third kappa shape index (κ3) is 3.85. The maximum absolute atomic E-state index is 12.3. The molecule has 0 aliphatic carbocycles. The van der Waals surface area contributed by atoms with E-state index in [0.717, 1.165) is 12.6 Å². The number of hydrogen-bond acceptors (Lipinski definition) is 1. The standard InChI is InChI=1S/C11H25OP/c1-8-13(7,12)11(5,6)9-10(2,3)4/h8-9H2,1-7H3. The first kappa shape index (κ1) is 13.2. The zero-order valence-corrected chi connectivity index (χ0v) is 11.2. The van der Waals surface area contributed by atoms with Crippen LogP contribution in [-0.4, -0.2) is 18.0 Å². The molecule has 0 aromatic carbocycles. The highest BCUT2D eigenvalue weighted by atomic mass is 31.2. The fraction of sp³-hybridized carbons (Fsp3) is 1.00. The van der Waals surface area contributed by atoms with Crippen LogP contribution in [0.15, 0.2) is 0 Å². The lowest BCUT2D eigenvalue weighted by atomic mass is 9.86. The molecular formula is C11H25OP. The van der Waals surface area contributed by atoms with Crippen LogP contribution in [0, 0.1) is 5.41 Å². The molecule has 0 amide bonds. The van der Waals surface area contributed by atoms with Crippen molar-refractivity contribution in [2.75, 3.05) is 12.8 Å². The van der Waals surface area contributed by atoms with Gasteiger partial charge in [-0.3, -0.25) is 0 Å². The molecule has 0 rings (SSSR count). The van der Waals surface area contributed by atoms with Crippen LogP contribution in [0.3, 0.4) is 0 Å². The molecule has 0 heterocycles. The summed E-state index contributed by atoms with van der Waals surface area (Å²) in [6.07, 6.45) is 1.84. The Balaban J connectivity index is 4.68. The normalized spacial score (nSPS) is 18.4. The number of rotatable bonds is 3. The van der Waals surface area contributed by atoms with Crippen molar-refractivity contribution < 1.29 is 4.57 Å². The van der Waals surface area contributed by atoms with Gasteiger partial charge in [0.1, 0.15) is 0 Å². The SMILES string of the molecule is CCP(C)(=O)C(C)(C)CC(C)(C)C. The molecule has 0 saturated heterocycles. The maximum atomic E-state index is 12.3. The summed E-state index contributed by atoms with van der Waals surface area (Å²) in [5.41, 5.74) is 0.268. The van der Waals surface area contributed by atoms with E-state index < -0.39 is 7.14 Å². The van der Waals surface area contributed by atoms with Gasteiger partial charge in [-0.2, -0.15) is 0 Å². The fourth-order valence-corrected chi connectivity index (χ4v) is 3.56. The molecule has 0 N–H and O–H groups in total. The molecule has 2 heteroatoms. The highest BCUT2D eigenvalue weighted by molar-refractivity contribution is 7.64. The van der Waals surface area contributed by atoms with E-state index in [1.807, 2.05) is 13.6 Å². The van der Waals surface area contributed by atoms with E-state index in [-0.39, 0.29) is 10.6 Å². The van der Waals surface area contributed by atoms with Gasteiger partial charge in [-0.25, -0.2) is 0 Å². The van der Waals surface area contributed by atoms with Gasteiger partial charge in [0, 0.05) is 5.16 Å². The monoisotopic (exact) mass is 204 g/mol. The van der Waals surface area contributed by atoms with E-state index in [0.29, 0.717) is 0 Å². The lowest BCUT2D eigenvalue weighted by Crippen LogP contribution is -2.27. The van der Waals surface area contributed by atoms with Gasteiger partial charge in [0.2, 0.25) is 0 Å². The zero-order valence-electron chi connectivity index (χ0n) is 10.3. The fourth-order valence-electron chi connectivity index (χ4n) is 1.89. The van der Waals surface area contributed by atoms with Crippen molar-refractivity contribution in [2.45, 2.75) is 53.1 Å². The van der Waals surface area contributed by atoms with Gasteiger partial charge in [-0.05, 0) is 24.7 Å². The third-order valence-electron chi connectivity index (χ3n) is 2.85. The van der Waals surface area contributed by atoms with Gasteiger partial charge in [0.15, 0.2) is 0 Å². The molecular weight excluding hydrogens is 179 g/mol. The molecule has 0 saturated carbocycles.